The van der Waals surface area contributed by atoms with Crippen molar-refractivity contribution in [2.24, 2.45) is 17.6 Å². The number of hydrogen-bond donors (Lipinski definition) is 3. The predicted octanol–water partition coefficient (Wildman–Crippen LogP) is 3.18. The van der Waals surface area contributed by atoms with E-state index in [0.29, 0.717) is 12.5 Å². The summed E-state index contributed by atoms with van der Waals surface area (Å²) in [4.78, 5) is 17.3. The lowest BCUT2D eigenvalue weighted by atomic mass is 9.73. The van der Waals surface area contributed by atoms with Gasteiger partial charge in [0.15, 0.2) is 0 Å². The molecule has 7 rings (SSSR count). The van der Waals surface area contributed by atoms with E-state index in [1.165, 1.54) is 0 Å². The highest BCUT2D eigenvalue weighted by Crippen LogP contribution is 2.36. The van der Waals surface area contributed by atoms with Crippen LogP contribution in [0, 0.1) is 34.5 Å². The molecule has 1 aromatic carbocycles. The number of nitrogens with two attached hydrogens (primary N) is 1. The Morgan fingerprint density at radius 3 is 2.08 bits per heavy atom. The molecule has 2 atom stereocenters. The van der Waals surface area contributed by atoms with Gasteiger partial charge in [0.25, 0.3) is 0 Å². The molecule has 6 aliphatic heterocycles. The minimum absolute atomic E-state index is 0.234. The number of carbonyl (C=O) groups excluding carboxylic acids is 1. The maximum Gasteiger partial charge on any atom is 0.316 e. The quantitative estimate of drug-likeness (QED) is 0.580. The first-order chi connectivity index (χ1) is 17.5. The van der Waals surface area contributed by atoms with Crippen LogP contribution >= 0.6 is 0 Å². The third-order valence-corrected chi connectivity index (χ3v) is 8.81. The maximum atomic E-state index is 12.8. The molecule has 0 saturated carbocycles. The third kappa shape index (κ3) is 5.67. The fourth-order valence-corrected chi connectivity index (χ4v) is 6.36. The van der Waals surface area contributed by atoms with Crippen LogP contribution in [-0.4, -0.2) is 66.2 Å². The molecule has 6 aliphatic rings. The number of nitrogens with zero attached hydrogens (tertiary/aromatic N) is 4. The highest BCUT2D eigenvalue weighted by Gasteiger charge is 2.48. The maximum absolute atomic E-state index is 12.8. The molecule has 0 aliphatic carbocycles. The molecule has 0 radical (unpaired) electrons. The SMILES string of the molecule is C=C(C)c1cccc(C(C)(C)NC(=O)NC2(C#N)CN3CCC2CC3)c1.N#CC1(N)CN2CCC1CC2. The van der Waals surface area contributed by atoms with Crippen LogP contribution in [0.1, 0.15) is 57.6 Å². The zero-order valence-corrected chi connectivity index (χ0v) is 22.5. The smallest absolute Gasteiger partial charge is 0.316 e. The molecule has 1 aromatic rings. The number of amides is 2. The van der Waals surface area contributed by atoms with E-state index in [1.807, 2.05) is 39.0 Å². The number of urea groups is 1. The summed E-state index contributed by atoms with van der Waals surface area (Å²) in [5.74, 6) is 0.690. The zero-order valence-electron chi connectivity index (χ0n) is 22.5. The second-order valence-corrected chi connectivity index (χ2v) is 11.9. The summed E-state index contributed by atoms with van der Waals surface area (Å²) in [5, 5.41) is 24.7. The van der Waals surface area contributed by atoms with Gasteiger partial charge in [0, 0.05) is 13.1 Å². The number of benzene rings is 1. The molecule has 6 heterocycles. The van der Waals surface area contributed by atoms with Crippen molar-refractivity contribution < 1.29 is 4.79 Å². The molecule has 6 saturated heterocycles. The summed E-state index contributed by atoms with van der Waals surface area (Å²) in [6.07, 6.45) is 4.17. The normalized spacial score (nSPS) is 33.8. The van der Waals surface area contributed by atoms with Crippen molar-refractivity contribution >= 4 is 11.6 Å². The number of hydrogen-bond acceptors (Lipinski definition) is 6. The molecular formula is C29H41N7O. The predicted molar refractivity (Wildman–Crippen MR) is 145 cm³/mol. The lowest BCUT2D eigenvalue weighted by Crippen LogP contribution is -2.68. The van der Waals surface area contributed by atoms with Crippen LogP contribution in [0.25, 0.3) is 5.57 Å². The van der Waals surface area contributed by atoms with E-state index in [1.54, 1.807) is 0 Å². The van der Waals surface area contributed by atoms with Gasteiger partial charge in [-0.3, -0.25) is 4.90 Å². The van der Waals surface area contributed by atoms with Crippen LogP contribution in [0.5, 0.6) is 0 Å². The Labute approximate surface area is 221 Å². The Kier molecular flexibility index (Phi) is 7.67. The van der Waals surface area contributed by atoms with E-state index in [4.69, 9.17) is 11.0 Å². The Morgan fingerprint density at radius 2 is 1.65 bits per heavy atom. The van der Waals surface area contributed by atoms with Crippen LogP contribution in [0.4, 0.5) is 4.79 Å². The largest absolute Gasteiger partial charge is 0.329 e. The molecule has 0 aromatic heterocycles. The van der Waals surface area contributed by atoms with E-state index >= 15 is 0 Å². The van der Waals surface area contributed by atoms with Crippen molar-refractivity contribution in [3.05, 3.63) is 42.0 Å². The summed E-state index contributed by atoms with van der Waals surface area (Å²) < 4.78 is 0. The highest BCUT2D eigenvalue weighted by atomic mass is 16.2. The van der Waals surface area contributed by atoms with Crippen molar-refractivity contribution in [3.8, 4) is 12.1 Å². The van der Waals surface area contributed by atoms with Crippen LogP contribution in [0.15, 0.2) is 30.8 Å². The Morgan fingerprint density at radius 1 is 1.05 bits per heavy atom. The number of carbonyl (C=O) groups is 1. The molecule has 8 nitrogen and oxygen atoms in total. The summed E-state index contributed by atoms with van der Waals surface area (Å²) in [5.41, 5.74) is 7.13. The second kappa shape index (κ2) is 10.5. The Hall–Kier alpha value is -2.91. The van der Waals surface area contributed by atoms with Crippen molar-refractivity contribution in [2.75, 3.05) is 39.3 Å². The van der Waals surface area contributed by atoms with E-state index < -0.39 is 16.6 Å². The molecule has 0 spiro atoms. The first kappa shape index (κ1) is 27.1. The molecular weight excluding hydrogens is 462 g/mol. The van der Waals surface area contributed by atoms with Crippen LogP contribution < -0.4 is 16.4 Å². The fraction of sp³-hybridized carbons (Fsp3) is 0.621. The fourth-order valence-electron chi connectivity index (χ4n) is 6.36. The monoisotopic (exact) mass is 503 g/mol. The highest BCUT2D eigenvalue weighted by molar-refractivity contribution is 5.77. The number of nitriles is 2. The van der Waals surface area contributed by atoms with Crippen LogP contribution in [0.2, 0.25) is 0 Å². The van der Waals surface area contributed by atoms with Gasteiger partial charge < -0.3 is 21.3 Å². The first-order valence-electron chi connectivity index (χ1n) is 13.4. The number of allylic oxidation sites excluding steroid dienone is 1. The summed E-state index contributed by atoms with van der Waals surface area (Å²) in [6.45, 7) is 15.6. The van der Waals surface area contributed by atoms with E-state index in [2.05, 4.69) is 45.2 Å². The number of fused-ring (bicyclic) bond motifs is 6. The minimum atomic E-state index is -0.782. The number of piperidine rings is 6. The van der Waals surface area contributed by atoms with Gasteiger partial charge in [-0.1, -0.05) is 30.4 Å². The summed E-state index contributed by atoms with van der Waals surface area (Å²) >= 11 is 0. The van der Waals surface area contributed by atoms with Gasteiger partial charge in [-0.15, -0.1) is 0 Å². The summed E-state index contributed by atoms with van der Waals surface area (Å²) in [7, 11) is 0. The second-order valence-electron chi connectivity index (χ2n) is 11.9. The van der Waals surface area contributed by atoms with Crippen molar-refractivity contribution in [3.63, 3.8) is 0 Å². The molecule has 2 unspecified atom stereocenters. The number of nitrogens with one attached hydrogen (secondary N) is 2. The van der Waals surface area contributed by atoms with Gasteiger partial charge in [0.2, 0.25) is 0 Å². The molecule has 2 amide bonds. The van der Waals surface area contributed by atoms with Gasteiger partial charge in [-0.25, -0.2) is 4.79 Å². The van der Waals surface area contributed by atoms with Gasteiger partial charge in [-0.05, 0) is 102 Å². The molecule has 6 fully saturated rings. The Balaban J connectivity index is 0.000000241. The molecule has 4 N–H and O–H groups in total. The van der Waals surface area contributed by atoms with Crippen molar-refractivity contribution in [1.82, 2.24) is 20.4 Å². The lowest BCUT2D eigenvalue weighted by Gasteiger charge is -2.49. The van der Waals surface area contributed by atoms with Gasteiger partial charge in [0.1, 0.15) is 11.1 Å². The van der Waals surface area contributed by atoms with Gasteiger partial charge in [-0.2, -0.15) is 10.5 Å². The van der Waals surface area contributed by atoms with Crippen molar-refractivity contribution in [1.29, 1.82) is 10.5 Å². The van der Waals surface area contributed by atoms with Crippen LogP contribution in [0.3, 0.4) is 0 Å². The first-order valence-corrected chi connectivity index (χ1v) is 13.4. The lowest BCUT2D eigenvalue weighted by molar-refractivity contribution is 0.0418. The standard InChI is InChI=1S/C21H28N4O.C8H13N3/c1-15(2)16-6-5-7-18(12-16)20(3,4)23-19(26)24-21(13-22)14-25-10-8-17(21)9-11-25;9-5-8(10)6-11-3-1-7(8)2-4-11/h5-7,12,17H,1,8-11,14H2,2-4H3,(H2,23,24,26);7H,1-4,6,10H2. The van der Waals surface area contributed by atoms with Crippen molar-refractivity contribution in [2.45, 2.75) is 63.1 Å². The topological polar surface area (TPSA) is 121 Å². The van der Waals surface area contributed by atoms with Gasteiger partial charge in [0.05, 0.1) is 17.7 Å². The molecule has 198 valence electrons. The molecule has 37 heavy (non-hydrogen) atoms. The third-order valence-electron chi connectivity index (χ3n) is 8.81. The van der Waals surface area contributed by atoms with Crippen LogP contribution in [-0.2, 0) is 5.54 Å². The average Bonchev–Trinajstić information content (AvgIpc) is 2.90. The zero-order chi connectivity index (χ0) is 26.8. The van der Waals surface area contributed by atoms with E-state index in [9.17, 15) is 10.1 Å². The van der Waals surface area contributed by atoms with Gasteiger partial charge >= 0.3 is 6.03 Å². The van der Waals surface area contributed by atoms with E-state index in [0.717, 1.165) is 75.1 Å². The number of rotatable bonds is 4. The molecule has 4 bridgehead atoms. The molecule has 8 heteroatoms. The summed E-state index contributed by atoms with van der Waals surface area (Å²) in [6, 6.07) is 12.4. The Bertz CT molecular complexity index is 1100. The van der Waals surface area contributed by atoms with E-state index in [-0.39, 0.29) is 11.9 Å². The average molecular weight is 504 g/mol. The minimum Gasteiger partial charge on any atom is -0.329 e.